The van der Waals surface area contributed by atoms with E-state index < -0.39 is 0 Å². The van der Waals surface area contributed by atoms with Gasteiger partial charge in [0.15, 0.2) is 0 Å². The molecule has 1 N–H and O–H groups in total. The summed E-state index contributed by atoms with van der Waals surface area (Å²) >= 11 is 1.80. The van der Waals surface area contributed by atoms with Crippen molar-refractivity contribution in [3.63, 3.8) is 0 Å². The second-order valence-electron chi connectivity index (χ2n) is 5.49. The Morgan fingerprint density at radius 3 is 3.05 bits per heavy atom. The van der Waals surface area contributed by atoms with Gasteiger partial charge in [-0.1, -0.05) is 18.2 Å². The Morgan fingerprint density at radius 1 is 1.33 bits per heavy atom. The van der Waals surface area contributed by atoms with Gasteiger partial charge in [0.1, 0.15) is 5.69 Å². The van der Waals surface area contributed by atoms with E-state index in [1.165, 1.54) is 10.4 Å². The van der Waals surface area contributed by atoms with Crippen molar-refractivity contribution in [1.82, 2.24) is 9.88 Å². The van der Waals surface area contributed by atoms with E-state index in [1.807, 2.05) is 35.2 Å². The molecule has 0 spiro atoms. The van der Waals surface area contributed by atoms with Crippen LogP contribution in [0.5, 0.6) is 0 Å². The molecule has 0 saturated heterocycles. The minimum absolute atomic E-state index is 0.0931. The van der Waals surface area contributed by atoms with Crippen molar-refractivity contribution in [2.45, 2.75) is 19.4 Å². The predicted octanol–water partition coefficient (Wildman–Crippen LogP) is 3.99. The molecule has 4 heteroatoms. The fraction of sp³-hybridized carbons (Fsp3) is 0.235. The molecule has 21 heavy (non-hydrogen) atoms. The molecule has 0 bridgehead atoms. The Kier molecular flexibility index (Phi) is 2.86. The van der Waals surface area contributed by atoms with Crippen LogP contribution in [-0.2, 0) is 6.42 Å². The number of fused-ring (bicyclic) bond motifs is 2. The van der Waals surface area contributed by atoms with Gasteiger partial charge >= 0.3 is 0 Å². The summed E-state index contributed by atoms with van der Waals surface area (Å²) in [6.07, 6.45) is 0.962. The van der Waals surface area contributed by atoms with E-state index in [0.717, 1.165) is 23.9 Å². The van der Waals surface area contributed by atoms with Crippen molar-refractivity contribution in [1.29, 1.82) is 0 Å². The monoisotopic (exact) mass is 296 g/mol. The number of aromatic nitrogens is 1. The fourth-order valence-electron chi connectivity index (χ4n) is 3.13. The highest BCUT2D eigenvalue weighted by atomic mass is 32.1. The third-order valence-corrected chi connectivity index (χ3v) is 5.29. The van der Waals surface area contributed by atoms with Gasteiger partial charge < -0.3 is 9.88 Å². The average Bonchev–Trinajstić information content (AvgIpc) is 3.13. The average molecular weight is 296 g/mol. The van der Waals surface area contributed by atoms with Crippen LogP contribution in [0.15, 0.2) is 41.8 Å². The Balaban J connectivity index is 1.69. The van der Waals surface area contributed by atoms with Crippen LogP contribution in [0.3, 0.4) is 0 Å². The number of hydrogen-bond donors (Lipinski definition) is 1. The molecular weight excluding hydrogens is 280 g/mol. The summed E-state index contributed by atoms with van der Waals surface area (Å²) in [5.41, 5.74) is 3.00. The van der Waals surface area contributed by atoms with Crippen molar-refractivity contribution in [2.75, 3.05) is 6.54 Å². The van der Waals surface area contributed by atoms with Crippen molar-refractivity contribution in [3.05, 3.63) is 57.9 Å². The van der Waals surface area contributed by atoms with Crippen molar-refractivity contribution in [2.24, 2.45) is 0 Å². The van der Waals surface area contributed by atoms with Crippen LogP contribution in [0.25, 0.3) is 10.9 Å². The topological polar surface area (TPSA) is 36.1 Å². The highest BCUT2D eigenvalue weighted by Gasteiger charge is 2.29. The lowest BCUT2D eigenvalue weighted by Gasteiger charge is -2.33. The van der Waals surface area contributed by atoms with Crippen molar-refractivity contribution in [3.8, 4) is 0 Å². The molecule has 1 aliphatic rings. The first-order valence-corrected chi connectivity index (χ1v) is 8.07. The van der Waals surface area contributed by atoms with Crippen LogP contribution in [0, 0.1) is 0 Å². The zero-order valence-electron chi connectivity index (χ0n) is 11.8. The third kappa shape index (κ3) is 1.98. The van der Waals surface area contributed by atoms with Crippen molar-refractivity contribution < 1.29 is 4.79 Å². The van der Waals surface area contributed by atoms with Gasteiger partial charge in [0.25, 0.3) is 5.91 Å². The van der Waals surface area contributed by atoms with Gasteiger partial charge in [0.05, 0.1) is 6.04 Å². The molecule has 106 valence electrons. The first-order chi connectivity index (χ1) is 10.2. The van der Waals surface area contributed by atoms with Gasteiger partial charge in [0, 0.05) is 22.3 Å². The maximum atomic E-state index is 12.8. The van der Waals surface area contributed by atoms with Gasteiger partial charge in [-0.25, -0.2) is 0 Å². The number of carbonyl (C=O) groups excluding carboxylic acids is 1. The number of hydrogen-bond acceptors (Lipinski definition) is 2. The second kappa shape index (κ2) is 4.74. The van der Waals surface area contributed by atoms with Gasteiger partial charge in [-0.3, -0.25) is 4.79 Å². The third-order valence-electron chi connectivity index (χ3n) is 4.30. The number of thiophene rings is 1. The molecule has 2 aromatic heterocycles. The number of carbonyl (C=O) groups is 1. The zero-order chi connectivity index (χ0) is 14.4. The summed E-state index contributed by atoms with van der Waals surface area (Å²) in [5, 5.41) is 3.21. The summed E-state index contributed by atoms with van der Waals surface area (Å²) in [6, 6.07) is 12.3. The van der Waals surface area contributed by atoms with Crippen LogP contribution in [0.4, 0.5) is 0 Å². The number of H-pyrrole nitrogens is 1. The molecule has 1 atom stereocenters. The van der Waals surface area contributed by atoms with E-state index in [1.54, 1.807) is 11.3 Å². The second-order valence-corrected chi connectivity index (χ2v) is 6.49. The predicted molar refractivity (Wildman–Crippen MR) is 85.8 cm³/mol. The minimum atomic E-state index is 0.0931. The number of para-hydroxylation sites is 1. The van der Waals surface area contributed by atoms with Crippen LogP contribution in [0.2, 0.25) is 0 Å². The molecule has 0 fully saturated rings. The van der Waals surface area contributed by atoms with E-state index in [4.69, 9.17) is 0 Å². The Labute approximate surface area is 127 Å². The van der Waals surface area contributed by atoms with Gasteiger partial charge in [-0.15, -0.1) is 11.3 Å². The summed E-state index contributed by atoms with van der Waals surface area (Å²) < 4.78 is 0. The standard InChI is InChI=1S/C17H16N2OS/c1-11-13-7-9-21-16(13)6-8-19(11)17(20)15-10-12-4-2-3-5-14(12)18-15/h2-5,7,9-11,18H,6,8H2,1H3/t11-/m0/s1. The zero-order valence-corrected chi connectivity index (χ0v) is 12.6. The van der Waals surface area contributed by atoms with Gasteiger partial charge in [0.2, 0.25) is 0 Å². The molecule has 3 aromatic rings. The SMILES string of the molecule is C[C@H]1c2ccsc2CCN1C(=O)c1cc2ccccc2[nH]1. The highest BCUT2D eigenvalue weighted by molar-refractivity contribution is 7.10. The molecule has 4 rings (SSSR count). The van der Waals surface area contributed by atoms with E-state index in [-0.39, 0.29) is 11.9 Å². The number of benzene rings is 1. The number of rotatable bonds is 1. The summed E-state index contributed by atoms with van der Waals surface area (Å²) in [6.45, 7) is 2.91. The van der Waals surface area contributed by atoms with Crippen LogP contribution >= 0.6 is 11.3 Å². The number of amides is 1. The molecule has 0 radical (unpaired) electrons. The van der Waals surface area contributed by atoms with E-state index >= 15 is 0 Å². The first-order valence-electron chi connectivity index (χ1n) is 7.19. The molecule has 0 unspecified atom stereocenters. The Bertz CT molecular complexity index is 784. The molecule has 3 nitrogen and oxygen atoms in total. The van der Waals surface area contributed by atoms with E-state index in [0.29, 0.717) is 5.69 Å². The van der Waals surface area contributed by atoms with E-state index in [2.05, 4.69) is 23.4 Å². The number of nitrogens with one attached hydrogen (secondary N) is 1. The lowest BCUT2D eigenvalue weighted by molar-refractivity contribution is 0.0674. The van der Waals surface area contributed by atoms with Crippen LogP contribution in [-0.4, -0.2) is 22.3 Å². The van der Waals surface area contributed by atoms with Crippen LogP contribution < -0.4 is 0 Å². The Hall–Kier alpha value is -2.07. The minimum Gasteiger partial charge on any atom is -0.351 e. The summed E-state index contributed by atoms with van der Waals surface area (Å²) in [5.74, 6) is 0.0931. The normalized spacial score (nSPS) is 18.0. The highest BCUT2D eigenvalue weighted by Crippen LogP contribution is 2.33. The Morgan fingerprint density at radius 2 is 2.19 bits per heavy atom. The summed E-state index contributed by atoms with van der Waals surface area (Å²) in [4.78, 5) is 19.4. The molecule has 1 aromatic carbocycles. The van der Waals surface area contributed by atoms with Crippen LogP contribution in [0.1, 0.15) is 33.9 Å². The quantitative estimate of drug-likeness (QED) is 0.724. The molecular formula is C17H16N2OS. The lowest BCUT2D eigenvalue weighted by atomic mass is 10.0. The van der Waals surface area contributed by atoms with E-state index in [9.17, 15) is 4.79 Å². The molecule has 3 heterocycles. The van der Waals surface area contributed by atoms with Gasteiger partial charge in [-0.05, 0) is 42.5 Å². The maximum absolute atomic E-state index is 12.8. The summed E-state index contributed by atoms with van der Waals surface area (Å²) in [7, 11) is 0. The fourth-order valence-corrected chi connectivity index (χ4v) is 4.09. The van der Waals surface area contributed by atoms with Gasteiger partial charge in [-0.2, -0.15) is 0 Å². The molecule has 0 saturated carbocycles. The first kappa shape index (κ1) is 12.7. The van der Waals surface area contributed by atoms with Crippen molar-refractivity contribution >= 4 is 28.1 Å². The molecule has 1 amide bonds. The number of aromatic amines is 1. The maximum Gasteiger partial charge on any atom is 0.270 e. The smallest absolute Gasteiger partial charge is 0.270 e. The lowest BCUT2D eigenvalue weighted by Crippen LogP contribution is -2.38. The number of nitrogens with zero attached hydrogens (tertiary/aromatic N) is 1. The molecule has 0 aliphatic carbocycles. The molecule has 1 aliphatic heterocycles. The largest absolute Gasteiger partial charge is 0.351 e.